The number of para-hydroxylation sites is 1. The molecule has 0 fully saturated rings. The first-order valence-corrected chi connectivity index (χ1v) is 7.19. The van der Waals surface area contributed by atoms with Crippen LogP contribution in [0.2, 0.25) is 5.02 Å². The van der Waals surface area contributed by atoms with Crippen molar-refractivity contribution < 1.29 is 73.8 Å². The van der Waals surface area contributed by atoms with E-state index in [1.54, 1.807) is 12.1 Å². The van der Waals surface area contributed by atoms with E-state index in [-0.39, 0.29) is 63.7 Å². The Morgan fingerprint density at radius 2 is 1.91 bits per heavy atom. The molecule has 8 heteroatoms. The van der Waals surface area contributed by atoms with E-state index < -0.39 is 12.4 Å². The van der Waals surface area contributed by atoms with Crippen molar-refractivity contribution in [3.8, 4) is 11.5 Å². The fraction of sp³-hybridized carbons (Fsp3) is 0.200. The van der Waals surface area contributed by atoms with Gasteiger partial charge in [0.25, 0.3) is 0 Å². The Morgan fingerprint density at radius 1 is 1.17 bits per heavy atom. The van der Waals surface area contributed by atoms with E-state index in [0.29, 0.717) is 22.9 Å². The summed E-state index contributed by atoms with van der Waals surface area (Å²) in [5.41, 5.74) is 0.881. The van der Waals surface area contributed by atoms with E-state index in [0.717, 1.165) is 18.1 Å². The Bertz CT molecular complexity index is 710. The summed E-state index contributed by atoms with van der Waals surface area (Å²) in [6.45, 7) is -4.59. The van der Waals surface area contributed by atoms with Gasteiger partial charge in [0.15, 0.2) is 0 Å². The quantitative estimate of drug-likeness (QED) is 0.749. The van der Waals surface area contributed by atoms with E-state index in [4.69, 9.17) is 21.1 Å². The Hall–Kier alpha value is -0.179. The molecular formula is C15H12BClF3KO2. The second-order valence-corrected chi connectivity index (χ2v) is 5.49. The van der Waals surface area contributed by atoms with Crippen LogP contribution < -0.4 is 66.3 Å². The second kappa shape index (κ2) is 7.80. The van der Waals surface area contributed by atoms with Gasteiger partial charge in [-0.05, 0) is 23.8 Å². The standard InChI is InChI=1S/C15H12BClF3O2.K/c17-12-7-10-5-6-21-15(10)11(8-12)9-22-14-4-2-1-3-13(14)16(18,19)20;/h1-4,7-8H,5-6,9H2;/q-1;+1. The van der Waals surface area contributed by atoms with Gasteiger partial charge < -0.3 is 22.4 Å². The molecule has 2 nitrogen and oxygen atoms in total. The van der Waals surface area contributed by atoms with Crippen LogP contribution >= 0.6 is 11.6 Å². The molecule has 0 saturated carbocycles. The van der Waals surface area contributed by atoms with E-state index in [9.17, 15) is 12.9 Å². The zero-order valence-electron chi connectivity index (χ0n) is 12.5. The molecule has 0 unspecified atom stereocenters. The summed E-state index contributed by atoms with van der Waals surface area (Å²) >= 11 is 6.03. The van der Waals surface area contributed by atoms with Crippen LogP contribution in [0, 0.1) is 0 Å². The second-order valence-electron chi connectivity index (χ2n) is 5.05. The Morgan fingerprint density at radius 3 is 2.65 bits per heavy atom. The fourth-order valence-corrected chi connectivity index (χ4v) is 2.75. The number of hydrogen-bond acceptors (Lipinski definition) is 2. The van der Waals surface area contributed by atoms with Crippen molar-refractivity contribution in [2.45, 2.75) is 13.0 Å². The van der Waals surface area contributed by atoms with Gasteiger partial charge in [0.1, 0.15) is 12.4 Å². The third kappa shape index (κ3) is 4.46. The van der Waals surface area contributed by atoms with Crippen molar-refractivity contribution in [2.24, 2.45) is 0 Å². The first-order chi connectivity index (χ1) is 10.4. The Balaban J connectivity index is 0.00000192. The smallest absolute Gasteiger partial charge is 0.493 e. The van der Waals surface area contributed by atoms with Crippen molar-refractivity contribution in [3.63, 3.8) is 0 Å². The van der Waals surface area contributed by atoms with Crippen molar-refractivity contribution in [1.82, 2.24) is 0 Å². The van der Waals surface area contributed by atoms with E-state index in [1.807, 2.05) is 0 Å². The predicted octanol–water partition coefficient (Wildman–Crippen LogP) is 0.912. The van der Waals surface area contributed by atoms with Crippen LogP contribution in [-0.4, -0.2) is 13.6 Å². The van der Waals surface area contributed by atoms with Gasteiger partial charge in [0.2, 0.25) is 0 Å². The van der Waals surface area contributed by atoms with Crippen molar-refractivity contribution in [1.29, 1.82) is 0 Å². The first-order valence-electron chi connectivity index (χ1n) is 6.81. The van der Waals surface area contributed by atoms with Gasteiger partial charge in [-0.3, -0.25) is 0 Å². The van der Waals surface area contributed by atoms with Gasteiger partial charge in [0.05, 0.1) is 12.4 Å². The minimum atomic E-state index is -5.12. The minimum Gasteiger partial charge on any atom is -0.493 e. The Kier molecular flexibility index (Phi) is 6.50. The molecule has 0 bridgehead atoms. The summed E-state index contributed by atoms with van der Waals surface area (Å²) in [4.78, 5) is 0. The van der Waals surface area contributed by atoms with Gasteiger partial charge in [-0.15, -0.1) is 0 Å². The fourth-order valence-electron chi connectivity index (χ4n) is 2.49. The summed E-state index contributed by atoms with van der Waals surface area (Å²) in [6.07, 6.45) is 0.741. The van der Waals surface area contributed by atoms with Gasteiger partial charge >= 0.3 is 58.4 Å². The number of ether oxygens (including phenoxy) is 2. The SMILES string of the molecule is F[B-](F)(F)c1ccccc1OCc1cc(Cl)cc2c1OCC2.[K+]. The molecule has 0 radical (unpaired) electrons. The molecular weight excluding hydrogens is 355 g/mol. The van der Waals surface area contributed by atoms with Gasteiger partial charge in [-0.2, -0.15) is 0 Å². The van der Waals surface area contributed by atoms with Crippen LogP contribution in [0.5, 0.6) is 11.5 Å². The Labute approximate surface area is 179 Å². The van der Waals surface area contributed by atoms with E-state index in [2.05, 4.69) is 0 Å². The zero-order valence-corrected chi connectivity index (χ0v) is 16.4. The third-order valence-electron chi connectivity index (χ3n) is 3.48. The van der Waals surface area contributed by atoms with E-state index >= 15 is 0 Å². The van der Waals surface area contributed by atoms with Crippen LogP contribution in [0.4, 0.5) is 12.9 Å². The zero-order chi connectivity index (χ0) is 15.7. The number of hydrogen-bond donors (Lipinski definition) is 0. The maximum atomic E-state index is 13.0. The predicted molar refractivity (Wildman–Crippen MR) is 80.1 cm³/mol. The minimum absolute atomic E-state index is 0. The molecule has 3 rings (SSSR count). The topological polar surface area (TPSA) is 18.5 Å². The number of fused-ring (bicyclic) bond motifs is 1. The molecule has 0 amide bonds. The maximum Gasteiger partial charge on any atom is 1.00 e. The maximum absolute atomic E-state index is 13.0. The van der Waals surface area contributed by atoms with Crippen LogP contribution in [-0.2, 0) is 13.0 Å². The van der Waals surface area contributed by atoms with Crippen LogP contribution in [0.1, 0.15) is 11.1 Å². The van der Waals surface area contributed by atoms with Gasteiger partial charge in [-0.1, -0.05) is 35.3 Å². The van der Waals surface area contributed by atoms with Crippen molar-refractivity contribution in [3.05, 3.63) is 52.5 Å². The molecule has 0 atom stereocenters. The van der Waals surface area contributed by atoms with Crippen molar-refractivity contribution in [2.75, 3.05) is 6.61 Å². The van der Waals surface area contributed by atoms with Crippen LogP contribution in [0.15, 0.2) is 36.4 Å². The molecule has 0 N–H and O–H groups in total. The molecule has 2 aromatic carbocycles. The van der Waals surface area contributed by atoms with Crippen LogP contribution in [0.3, 0.4) is 0 Å². The third-order valence-corrected chi connectivity index (χ3v) is 3.70. The molecule has 1 aliphatic heterocycles. The van der Waals surface area contributed by atoms with Gasteiger partial charge in [0, 0.05) is 17.0 Å². The largest absolute Gasteiger partial charge is 1.00 e. The number of benzene rings is 2. The average Bonchev–Trinajstić information content (AvgIpc) is 2.92. The molecule has 0 aromatic heterocycles. The monoisotopic (exact) mass is 366 g/mol. The van der Waals surface area contributed by atoms with Gasteiger partial charge in [-0.25, -0.2) is 0 Å². The normalized spacial score (nSPS) is 13.0. The average molecular weight is 367 g/mol. The number of halogens is 4. The summed E-state index contributed by atoms with van der Waals surface area (Å²) in [7, 11) is 0. The molecule has 2 aromatic rings. The first kappa shape index (κ1) is 19.2. The molecule has 23 heavy (non-hydrogen) atoms. The summed E-state index contributed by atoms with van der Waals surface area (Å²) in [6, 6.07) is 8.66. The molecule has 0 aliphatic carbocycles. The summed E-state index contributed by atoms with van der Waals surface area (Å²) in [5, 5.41) is 0.524. The summed E-state index contributed by atoms with van der Waals surface area (Å²) < 4.78 is 49.9. The molecule has 0 saturated heterocycles. The van der Waals surface area contributed by atoms with Crippen LogP contribution in [0.25, 0.3) is 0 Å². The molecule has 1 heterocycles. The number of rotatable bonds is 4. The molecule has 1 aliphatic rings. The molecule has 0 spiro atoms. The van der Waals surface area contributed by atoms with E-state index in [1.165, 1.54) is 18.2 Å². The molecule has 116 valence electrons. The summed E-state index contributed by atoms with van der Waals surface area (Å²) in [5.74, 6) is 0.487. The van der Waals surface area contributed by atoms with Crippen molar-refractivity contribution >= 4 is 24.0 Å².